The van der Waals surface area contributed by atoms with Crippen LogP contribution in [0, 0.1) is 0 Å². The number of nitrogens with zero attached hydrogens (tertiary/aromatic N) is 3. The molecule has 2 aromatic carbocycles. The maximum absolute atomic E-state index is 11.9. The van der Waals surface area contributed by atoms with Gasteiger partial charge < -0.3 is 5.32 Å². The zero-order valence-electron chi connectivity index (χ0n) is 14.9. The van der Waals surface area contributed by atoms with Gasteiger partial charge in [0.25, 0.3) is 0 Å². The van der Waals surface area contributed by atoms with Crippen LogP contribution in [0.3, 0.4) is 0 Å². The number of carbonyl (C=O) groups is 1. The molecule has 0 atom stereocenters. The molecule has 0 bridgehead atoms. The summed E-state index contributed by atoms with van der Waals surface area (Å²) in [6, 6.07) is 17.4. The number of sulfone groups is 1. The van der Waals surface area contributed by atoms with Crippen molar-refractivity contribution in [2.45, 2.75) is 4.90 Å². The van der Waals surface area contributed by atoms with E-state index in [9.17, 15) is 13.2 Å². The molecule has 140 valence electrons. The van der Waals surface area contributed by atoms with Crippen molar-refractivity contribution >= 4 is 33.4 Å². The summed E-state index contributed by atoms with van der Waals surface area (Å²) >= 11 is 0. The van der Waals surface area contributed by atoms with Gasteiger partial charge in [-0.25, -0.2) is 12.9 Å². The van der Waals surface area contributed by atoms with Gasteiger partial charge in [-0.3, -0.25) is 4.79 Å². The Hall–Kier alpha value is -3.52. The van der Waals surface area contributed by atoms with Crippen LogP contribution >= 0.6 is 0 Å². The second-order valence-corrected chi connectivity index (χ2v) is 8.31. The highest BCUT2D eigenvalue weighted by atomic mass is 32.2. The molecule has 0 radical (unpaired) electrons. The first-order valence-electron chi connectivity index (χ1n) is 8.42. The number of fused-ring (bicyclic) bond motifs is 1. The van der Waals surface area contributed by atoms with E-state index in [1.54, 1.807) is 53.2 Å². The highest BCUT2D eigenvalue weighted by Gasteiger charge is 2.13. The van der Waals surface area contributed by atoms with Gasteiger partial charge in [0.15, 0.2) is 15.5 Å². The molecule has 2 heterocycles. The molecule has 0 aliphatic heterocycles. The molecule has 4 aromatic rings. The van der Waals surface area contributed by atoms with Crippen LogP contribution in [0.2, 0.25) is 0 Å². The van der Waals surface area contributed by atoms with Gasteiger partial charge in [-0.05, 0) is 54.1 Å². The molecule has 28 heavy (non-hydrogen) atoms. The first-order valence-corrected chi connectivity index (χ1v) is 10.3. The third-order valence-electron chi connectivity index (χ3n) is 4.24. The molecule has 8 heteroatoms. The second kappa shape index (κ2) is 6.90. The van der Waals surface area contributed by atoms with Crippen LogP contribution in [0.1, 0.15) is 10.4 Å². The van der Waals surface area contributed by atoms with Crippen molar-refractivity contribution in [3.05, 3.63) is 72.4 Å². The predicted octanol–water partition coefficient (Wildman–Crippen LogP) is 3.36. The molecule has 0 amide bonds. The Balaban J connectivity index is 1.74. The maximum Gasteiger partial charge on any atom is 0.247 e. The average Bonchev–Trinajstić information content (AvgIpc) is 3.10. The Morgan fingerprint density at radius 2 is 1.82 bits per heavy atom. The number of aromatic nitrogens is 3. The van der Waals surface area contributed by atoms with E-state index in [4.69, 9.17) is 0 Å². The molecule has 0 aliphatic carbocycles. The summed E-state index contributed by atoms with van der Waals surface area (Å²) in [5, 5.41) is 7.52. The fourth-order valence-corrected chi connectivity index (χ4v) is 3.52. The van der Waals surface area contributed by atoms with Gasteiger partial charge in [-0.15, -0.1) is 5.10 Å². The zero-order valence-corrected chi connectivity index (χ0v) is 15.7. The minimum Gasteiger partial charge on any atom is -0.323 e. The van der Waals surface area contributed by atoms with Crippen LogP contribution in [0.15, 0.2) is 71.8 Å². The summed E-state index contributed by atoms with van der Waals surface area (Å²) in [5.74, 6) is 0.394. The quantitative estimate of drug-likeness (QED) is 0.524. The summed E-state index contributed by atoms with van der Waals surface area (Å²) in [5.41, 5.74) is 3.44. The first kappa shape index (κ1) is 17.9. The van der Waals surface area contributed by atoms with Gasteiger partial charge in [0.1, 0.15) is 6.29 Å². The van der Waals surface area contributed by atoms with Crippen molar-refractivity contribution in [3.63, 3.8) is 0 Å². The van der Waals surface area contributed by atoms with Crippen molar-refractivity contribution < 1.29 is 13.2 Å². The lowest BCUT2D eigenvalue weighted by Gasteiger charge is -2.05. The number of nitrogens with one attached hydrogen (secondary N) is 1. The lowest BCUT2D eigenvalue weighted by atomic mass is 10.1. The number of carbonyl (C=O) groups excluding carboxylic acids is 1. The van der Waals surface area contributed by atoms with Gasteiger partial charge in [0, 0.05) is 29.3 Å². The Bertz CT molecular complexity index is 1280. The van der Waals surface area contributed by atoms with Gasteiger partial charge in [0.05, 0.1) is 4.90 Å². The Kier molecular flexibility index (Phi) is 4.40. The van der Waals surface area contributed by atoms with E-state index in [0.717, 1.165) is 23.1 Å². The number of hydrogen-bond donors (Lipinski definition) is 1. The molecule has 0 aliphatic rings. The number of anilines is 2. The third-order valence-corrected chi connectivity index (χ3v) is 5.35. The second-order valence-electron chi connectivity index (χ2n) is 6.29. The van der Waals surface area contributed by atoms with Crippen molar-refractivity contribution in [2.24, 2.45) is 0 Å². The van der Waals surface area contributed by atoms with Crippen LogP contribution < -0.4 is 5.32 Å². The fraction of sp³-hybridized carbons (Fsp3) is 0.0500. The predicted molar refractivity (Wildman–Crippen MR) is 107 cm³/mol. The Labute approximate surface area is 161 Å². The van der Waals surface area contributed by atoms with E-state index in [-0.39, 0.29) is 4.90 Å². The minimum absolute atomic E-state index is 0.250. The topological polar surface area (TPSA) is 93.4 Å². The molecule has 0 spiro atoms. The average molecular weight is 392 g/mol. The molecule has 7 nitrogen and oxygen atoms in total. The van der Waals surface area contributed by atoms with Crippen LogP contribution in [0.25, 0.3) is 16.8 Å². The van der Waals surface area contributed by atoms with Gasteiger partial charge in [-0.2, -0.15) is 4.98 Å². The SMILES string of the molecule is CS(=O)(=O)c1cccc(-c2cccn3nc(Nc4ccc(C=O)cc4)nc23)c1. The van der Waals surface area contributed by atoms with Crippen molar-refractivity contribution in [1.29, 1.82) is 0 Å². The number of hydrogen-bond acceptors (Lipinski definition) is 6. The molecule has 0 saturated carbocycles. The Morgan fingerprint density at radius 3 is 2.54 bits per heavy atom. The molecule has 1 N–H and O–H groups in total. The smallest absolute Gasteiger partial charge is 0.247 e. The maximum atomic E-state index is 11.9. The molecule has 2 aromatic heterocycles. The minimum atomic E-state index is -3.31. The third kappa shape index (κ3) is 3.49. The normalized spacial score (nSPS) is 11.5. The largest absolute Gasteiger partial charge is 0.323 e. The summed E-state index contributed by atoms with van der Waals surface area (Å²) in [4.78, 5) is 15.6. The summed E-state index contributed by atoms with van der Waals surface area (Å²) in [6.45, 7) is 0. The lowest BCUT2D eigenvalue weighted by Crippen LogP contribution is -1.97. The van der Waals surface area contributed by atoms with E-state index in [1.807, 2.05) is 18.2 Å². The lowest BCUT2D eigenvalue weighted by molar-refractivity contribution is 0.112. The van der Waals surface area contributed by atoms with Gasteiger partial charge in [-0.1, -0.05) is 12.1 Å². The van der Waals surface area contributed by atoms with Crippen LogP contribution in [0.5, 0.6) is 0 Å². The number of aldehydes is 1. The van der Waals surface area contributed by atoms with E-state index in [0.29, 0.717) is 17.2 Å². The number of pyridine rings is 1. The molecule has 0 saturated heterocycles. The van der Waals surface area contributed by atoms with E-state index in [2.05, 4.69) is 15.4 Å². The van der Waals surface area contributed by atoms with Crippen molar-refractivity contribution in [2.75, 3.05) is 11.6 Å². The van der Waals surface area contributed by atoms with E-state index >= 15 is 0 Å². The van der Waals surface area contributed by atoms with E-state index in [1.165, 1.54) is 6.26 Å². The molecule has 0 fully saturated rings. The standard InChI is InChI=1S/C20H16N4O3S/c1-28(26,27)17-5-2-4-15(12-17)18-6-3-11-24-19(18)22-20(23-24)21-16-9-7-14(13-25)8-10-16/h2-13H,1H3,(H,21,23). The summed E-state index contributed by atoms with van der Waals surface area (Å²) in [6.07, 6.45) is 3.73. The summed E-state index contributed by atoms with van der Waals surface area (Å²) in [7, 11) is -3.31. The molecule has 0 unspecified atom stereocenters. The van der Waals surface area contributed by atoms with Crippen molar-refractivity contribution in [3.8, 4) is 11.1 Å². The van der Waals surface area contributed by atoms with Crippen LogP contribution in [0.4, 0.5) is 11.6 Å². The molecule has 4 rings (SSSR count). The van der Waals surface area contributed by atoms with Gasteiger partial charge in [0.2, 0.25) is 5.95 Å². The van der Waals surface area contributed by atoms with Crippen LogP contribution in [-0.2, 0) is 9.84 Å². The monoisotopic (exact) mass is 392 g/mol. The van der Waals surface area contributed by atoms with Gasteiger partial charge >= 0.3 is 0 Å². The first-order chi connectivity index (χ1) is 13.4. The number of benzene rings is 2. The highest BCUT2D eigenvalue weighted by Crippen LogP contribution is 2.27. The van der Waals surface area contributed by atoms with E-state index < -0.39 is 9.84 Å². The molecular formula is C20H16N4O3S. The zero-order chi connectivity index (χ0) is 19.7. The molecular weight excluding hydrogens is 376 g/mol. The fourth-order valence-electron chi connectivity index (χ4n) is 2.85. The number of rotatable bonds is 5. The Morgan fingerprint density at radius 1 is 1.04 bits per heavy atom. The van der Waals surface area contributed by atoms with Crippen LogP contribution in [-0.4, -0.2) is 35.6 Å². The van der Waals surface area contributed by atoms with Crippen molar-refractivity contribution in [1.82, 2.24) is 14.6 Å². The summed E-state index contributed by atoms with van der Waals surface area (Å²) < 4.78 is 25.4. The highest BCUT2D eigenvalue weighted by molar-refractivity contribution is 7.90.